The summed E-state index contributed by atoms with van der Waals surface area (Å²) >= 11 is 6.65. The van der Waals surface area contributed by atoms with E-state index in [0.717, 1.165) is 16.7 Å². The highest BCUT2D eigenvalue weighted by Gasteiger charge is 2.52. The molecule has 1 fully saturated rings. The van der Waals surface area contributed by atoms with E-state index in [9.17, 15) is 9.59 Å². The van der Waals surface area contributed by atoms with Gasteiger partial charge >= 0.3 is 5.97 Å². The monoisotopic (exact) mass is 489 g/mol. The van der Waals surface area contributed by atoms with Crippen LogP contribution in [0.1, 0.15) is 54.7 Å². The minimum absolute atomic E-state index is 0.0155. The van der Waals surface area contributed by atoms with Crippen LogP contribution in [0.2, 0.25) is 5.02 Å². The Morgan fingerprint density at radius 3 is 2.17 bits per heavy atom. The summed E-state index contributed by atoms with van der Waals surface area (Å²) in [6.07, 6.45) is 0.513. The van der Waals surface area contributed by atoms with Crippen molar-refractivity contribution in [3.05, 3.63) is 94.5 Å². The van der Waals surface area contributed by atoms with Crippen LogP contribution < -0.4 is 0 Å². The summed E-state index contributed by atoms with van der Waals surface area (Å²) in [6.45, 7) is 8.49. The molecule has 182 valence electrons. The first kappa shape index (κ1) is 25.0. The lowest BCUT2D eigenvalue weighted by Gasteiger charge is -2.36. The van der Waals surface area contributed by atoms with Crippen molar-refractivity contribution in [2.45, 2.75) is 46.2 Å². The number of nitrogens with zero attached hydrogens (tertiary/aromatic N) is 1. The van der Waals surface area contributed by atoms with E-state index < -0.39 is 12.0 Å². The highest BCUT2D eigenvalue weighted by Crippen LogP contribution is 2.51. The number of rotatable bonds is 4. The zero-order valence-corrected chi connectivity index (χ0v) is 21.7. The summed E-state index contributed by atoms with van der Waals surface area (Å²) in [5, 5.41) is 0.588. The zero-order chi connectivity index (χ0) is 25.3. The first-order valence-electron chi connectivity index (χ1n) is 11.9. The van der Waals surface area contributed by atoms with E-state index in [0.29, 0.717) is 17.0 Å². The molecule has 0 spiro atoms. The van der Waals surface area contributed by atoms with Gasteiger partial charge in [0.05, 0.1) is 13.2 Å². The van der Waals surface area contributed by atoms with Gasteiger partial charge in [0, 0.05) is 10.6 Å². The number of likely N-dealkylation sites (tertiary alicyclic amines) is 1. The molecular weight excluding hydrogens is 458 g/mol. The van der Waals surface area contributed by atoms with E-state index >= 15 is 0 Å². The van der Waals surface area contributed by atoms with Gasteiger partial charge in [0.15, 0.2) is 0 Å². The van der Waals surface area contributed by atoms with Gasteiger partial charge in [-0.15, -0.1) is 0 Å². The van der Waals surface area contributed by atoms with Crippen LogP contribution in [-0.4, -0.2) is 29.9 Å². The van der Waals surface area contributed by atoms with Gasteiger partial charge in [-0.3, -0.25) is 4.79 Å². The third-order valence-electron chi connectivity index (χ3n) is 7.13. The molecular formula is C30H32ClNO3. The number of amides is 1. The quantitative estimate of drug-likeness (QED) is 0.367. The number of halogens is 1. The normalized spacial score (nSPS) is 20.1. The predicted molar refractivity (Wildman–Crippen MR) is 140 cm³/mol. The van der Waals surface area contributed by atoms with Crippen LogP contribution in [0.25, 0.3) is 11.1 Å². The topological polar surface area (TPSA) is 46.6 Å². The maximum atomic E-state index is 14.0. The fourth-order valence-electron chi connectivity index (χ4n) is 5.23. The average Bonchev–Trinajstić information content (AvgIpc) is 3.25. The van der Waals surface area contributed by atoms with Crippen LogP contribution in [0.15, 0.2) is 72.8 Å². The number of carbonyl (C=O) groups is 2. The lowest BCUT2D eigenvalue weighted by Crippen LogP contribution is -2.43. The number of hydrogen-bond donors (Lipinski definition) is 0. The Morgan fingerprint density at radius 1 is 0.943 bits per heavy atom. The molecule has 1 aliphatic rings. The Labute approximate surface area is 212 Å². The van der Waals surface area contributed by atoms with Crippen molar-refractivity contribution < 1.29 is 14.3 Å². The molecule has 1 saturated heterocycles. The van der Waals surface area contributed by atoms with Crippen molar-refractivity contribution in [3.63, 3.8) is 0 Å². The maximum Gasteiger partial charge on any atom is 0.328 e. The van der Waals surface area contributed by atoms with Crippen molar-refractivity contribution in [1.29, 1.82) is 0 Å². The summed E-state index contributed by atoms with van der Waals surface area (Å²) in [5.74, 6) is -0.589. The van der Waals surface area contributed by atoms with E-state index in [-0.39, 0.29) is 23.3 Å². The Balaban J connectivity index is 1.78. The first-order chi connectivity index (χ1) is 16.6. The zero-order valence-electron chi connectivity index (χ0n) is 20.9. The number of aryl methyl sites for hydroxylation is 1. The highest BCUT2D eigenvalue weighted by atomic mass is 35.5. The van der Waals surface area contributed by atoms with Gasteiger partial charge in [-0.25, -0.2) is 4.79 Å². The second-order valence-electron chi connectivity index (χ2n) is 10.3. The van der Waals surface area contributed by atoms with Crippen LogP contribution in [0, 0.1) is 18.3 Å². The molecule has 0 radical (unpaired) electrons. The maximum absolute atomic E-state index is 14.0. The molecule has 0 saturated carbocycles. The highest BCUT2D eigenvalue weighted by molar-refractivity contribution is 6.31. The van der Waals surface area contributed by atoms with E-state index in [2.05, 4.69) is 39.8 Å². The number of methoxy groups -OCH3 is 1. The average molecular weight is 490 g/mol. The molecule has 4 nitrogen and oxygen atoms in total. The molecule has 0 aliphatic carbocycles. The van der Waals surface area contributed by atoms with E-state index in [1.54, 1.807) is 4.90 Å². The molecule has 5 heteroatoms. The standard InChI is InChI=1S/C30H32ClNO3/c1-19-10-6-7-11-22(19)20-14-16-21(17-15-20)28(33)32-26(29(34)35-5)18-24(30(2,3)4)27(32)23-12-8-9-13-25(23)31/h6-17,24,26-27H,18H2,1-5H3/t24-,26-,27-/m0/s1. The van der Waals surface area contributed by atoms with Gasteiger partial charge in [0.2, 0.25) is 0 Å². The molecule has 35 heavy (non-hydrogen) atoms. The Morgan fingerprint density at radius 2 is 1.57 bits per heavy atom. The van der Waals surface area contributed by atoms with E-state index in [1.165, 1.54) is 12.7 Å². The molecule has 1 amide bonds. The lowest BCUT2D eigenvalue weighted by molar-refractivity contribution is -0.145. The van der Waals surface area contributed by atoms with E-state index in [4.69, 9.17) is 16.3 Å². The second kappa shape index (κ2) is 9.87. The first-order valence-corrected chi connectivity index (χ1v) is 12.3. The summed E-state index contributed by atoms with van der Waals surface area (Å²) in [7, 11) is 1.37. The van der Waals surface area contributed by atoms with Crippen molar-refractivity contribution in [2.75, 3.05) is 7.11 Å². The summed E-state index contributed by atoms with van der Waals surface area (Å²) in [5.41, 5.74) is 4.55. The molecule has 1 aliphatic heterocycles. The molecule has 0 bridgehead atoms. The summed E-state index contributed by atoms with van der Waals surface area (Å²) < 4.78 is 5.15. The third-order valence-corrected chi connectivity index (χ3v) is 7.47. The molecule has 0 unspecified atom stereocenters. The molecule has 3 aromatic rings. The van der Waals surface area contributed by atoms with E-state index in [1.807, 2.05) is 60.7 Å². The molecule has 3 atom stereocenters. The molecule has 0 N–H and O–H groups in total. The molecule has 3 aromatic carbocycles. The summed E-state index contributed by atoms with van der Waals surface area (Å²) in [6, 6.07) is 22.3. The van der Waals surface area contributed by atoms with Gasteiger partial charge in [0.1, 0.15) is 6.04 Å². The molecule has 4 rings (SSSR count). The Hall–Kier alpha value is -3.11. The molecule has 0 aromatic heterocycles. The fourth-order valence-corrected chi connectivity index (χ4v) is 5.48. The Bertz CT molecular complexity index is 1230. The van der Waals surface area contributed by atoms with Gasteiger partial charge in [-0.05, 0) is 65.1 Å². The minimum Gasteiger partial charge on any atom is -0.467 e. The van der Waals surface area contributed by atoms with Gasteiger partial charge < -0.3 is 9.64 Å². The van der Waals surface area contributed by atoms with Crippen LogP contribution in [0.5, 0.6) is 0 Å². The van der Waals surface area contributed by atoms with Gasteiger partial charge in [-0.2, -0.15) is 0 Å². The number of esters is 1. The fraction of sp³-hybridized carbons (Fsp3) is 0.333. The minimum atomic E-state index is -0.686. The largest absolute Gasteiger partial charge is 0.467 e. The van der Waals surface area contributed by atoms with Gasteiger partial charge in [0.25, 0.3) is 5.91 Å². The van der Waals surface area contributed by atoms with Crippen molar-refractivity contribution in [1.82, 2.24) is 4.90 Å². The van der Waals surface area contributed by atoms with Crippen LogP contribution >= 0.6 is 11.6 Å². The summed E-state index contributed by atoms with van der Waals surface area (Å²) in [4.78, 5) is 28.7. The van der Waals surface area contributed by atoms with Crippen LogP contribution in [0.3, 0.4) is 0 Å². The second-order valence-corrected chi connectivity index (χ2v) is 10.7. The number of hydrogen-bond acceptors (Lipinski definition) is 3. The number of ether oxygens (including phenoxy) is 1. The Kier molecular flexibility index (Phi) is 7.05. The SMILES string of the molecule is COC(=O)[C@@H]1C[C@H](C(C)(C)C)[C@H](c2ccccc2Cl)N1C(=O)c1ccc(-c2ccccc2C)cc1. The predicted octanol–water partition coefficient (Wildman–Crippen LogP) is 7.11. The lowest BCUT2D eigenvalue weighted by atomic mass is 9.74. The molecule has 1 heterocycles. The number of benzene rings is 3. The van der Waals surface area contributed by atoms with Crippen molar-refractivity contribution >= 4 is 23.5 Å². The smallest absolute Gasteiger partial charge is 0.328 e. The van der Waals surface area contributed by atoms with Crippen molar-refractivity contribution in [3.8, 4) is 11.1 Å². The van der Waals surface area contributed by atoms with Crippen LogP contribution in [-0.2, 0) is 9.53 Å². The van der Waals surface area contributed by atoms with Gasteiger partial charge in [-0.1, -0.05) is 87.0 Å². The van der Waals surface area contributed by atoms with Crippen LogP contribution in [0.4, 0.5) is 0 Å². The van der Waals surface area contributed by atoms with Crippen molar-refractivity contribution in [2.24, 2.45) is 11.3 Å². The number of carbonyl (C=O) groups excluding carboxylic acids is 2. The third kappa shape index (κ3) is 4.85.